The van der Waals surface area contributed by atoms with Crippen molar-refractivity contribution in [1.29, 1.82) is 0 Å². The minimum absolute atomic E-state index is 0.0299. The molecule has 0 unspecified atom stereocenters. The third kappa shape index (κ3) is 5.65. The van der Waals surface area contributed by atoms with Crippen LogP contribution in [0.15, 0.2) is 66.3 Å². The Kier molecular flexibility index (Phi) is 7.69. The van der Waals surface area contributed by atoms with Crippen LogP contribution in [0.25, 0.3) is 11.4 Å². The summed E-state index contributed by atoms with van der Waals surface area (Å²) in [6.07, 6.45) is 1.72. The number of hydrogen-bond donors (Lipinski definition) is 2. The molecule has 0 saturated carbocycles. The quantitative estimate of drug-likeness (QED) is 0.306. The van der Waals surface area contributed by atoms with E-state index in [4.69, 9.17) is 16.3 Å². The number of thioether (sulfide) groups is 1. The zero-order valence-electron chi connectivity index (χ0n) is 16.7. The maximum absolute atomic E-state index is 12.2. The molecule has 0 saturated heterocycles. The van der Waals surface area contributed by atoms with Gasteiger partial charge in [-0.2, -0.15) is 0 Å². The van der Waals surface area contributed by atoms with Gasteiger partial charge in [-0.1, -0.05) is 41.6 Å². The highest BCUT2D eigenvalue weighted by molar-refractivity contribution is 7.99. The van der Waals surface area contributed by atoms with Gasteiger partial charge in [-0.15, -0.1) is 16.8 Å². The Morgan fingerprint density at radius 3 is 2.61 bits per heavy atom. The van der Waals surface area contributed by atoms with Gasteiger partial charge in [0.25, 0.3) is 5.91 Å². The van der Waals surface area contributed by atoms with Crippen LogP contribution >= 0.6 is 23.4 Å². The molecule has 3 aromatic rings. The Labute approximate surface area is 188 Å². The minimum Gasteiger partial charge on any atom is -0.496 e. The van der Waals surface area contributed by atoms with Crippen LogP contribution in [0.4, 0.5) is 0 Å². The summed E-state index contributed by atoms with van der Waals surface area (Å²) in [5.74, 6) is 0.473. The third-order valence-electron chi connectivity index (χ3n) is 4.13. The van der Waals surface area contributed by atoms with Crippen molar-refractivity contribution in [2.75, 3.05) is 12.9 Å². The zero-order chi connectivity index (χ0) is 22.2. The van der Waals surface area contributed by atoms with Gasteiger partial charge in [0.1, 0.15) is 5.75 Å². The summed E-state index contributed by atoms with van der Waals surface area (Å²) in [6, 6.07) is 13.8. The lowest BCUT2D eigenvalue weighted by Gasteiger charge is -2.11. The molecule has 31 heavy (non-hydrogen) atoms. The van der Waals surface area contributed by atoms with Crippen LogP contribution in [0.3, 0.4) is 0 Å². The maximum atomic E-state index is 12.2. The monoisotopic (exact) mass is 457 g/mol. The number of amides is 2. The number of hydrogen-bond acceptors (Lipinski definition) is 6. The Hall–Kier alpha value is -3.30. The van der Waals surface area contributed by atoms with Gasteiger partial charge in [0.2, 0.25) is 5.91 Å². The lowest BCUT2D eigenvalue weighted by atomic mass is 10.2. The highest BCUT2D eigenvalue weighted by Crippen LogP contribution is 2.30. The molecule has 0 atom stereocenters. The Morgan fingerprint density at radius 1 is 1.16 bits per heavy atom. The molecule has 10 heteroatoms. The molecule has 2 N–H and O–H groups in total. The predicted molar refractivity (Wildman–Crippen MR) is 120 cm³/mol. The molecule has 0 fully saturated rings. The first-order valence-electron chi connectivity index (χ1n) is 9.18. The first kappa shape index (κ1) is 22.4. The second-order valence-corrected chi connectivity index (χ2v) is 7.58. The van der Waals surface area contributed by atoms with E-state index in [2.05, 4.69) is 27.6 Å². The topological polar surface area (TPSA) is 98.1 Å². The number of allylic oxidation sites excluding steroid dienone is 1. The van der Waals surface area contributed by atoms with Crippen molar-refractivity contribution in [3.63, 3.8) is 0 Å². The molecule has 0 aliphatic rings. The van der Waals surface area contributed by atoms with Crippen molar-refractivity contribution in [2.45, 2.75) is 11.7 Å². The number of rotatable bonds is 8. The van der Waals surface area contributed by atoms with Crippen molar-refractivity contribution in [1.82, 2.24) is 25.6 Å². The molecule has 3 rings (SSSR count). The van der Waals surface area contributed by atoms with Gasteiger partial charge in [-0.05, 0) is 36.4 Å². The van der Waals surface area contributed by atoms with E-state index in [-0.39, 0.29) is 11.7 Å². The van der Waals surface area contributed by atoms with Crippen molar-refractivity contribution in [3.05, 3.63) is 71.8 Å². The molecule has 0 bridgehead atoms. The smallest absolute Gasteiger partial charge is 0.269 e. The predicted octanol–water partition coefficient (Wildman–Crippen LogP) is 3.35. The fourth-order valence-corrected chi connectivity index (χ4v) is 3.56. The molecule has 0 radical (unpaired) electrons. The second-order valence-electron chi connectivity index (χ2n) is 6.20. The maximum Gasteiger partial charge on any atom is 0.269 e. The normalized spacial score (nSPS) is 10.4. The number of hydrazine groups is 1. The molecule has 2 aromatic carbocycles. The van der Waals surface area contributed by atoms with Gasteiger partial charge < -0.3 is 4.74 Å². The van der Waals surface area contributed by atoms with Crippen LogP contribution in [0.5, 0.6) is 5.75 Å². The van der Waals surface area contributed by atoms with Crippen LogP contribution in [0, 0.1) is 0 Å². The van der Waals surface area contributed by atoms with Gasteiger partial charge in [0.05, 0.1) is 18.4 Å². The van der Waals surface area contributed by atoms with Crippen molar-refractivity contribution in [2.24, 2.45) is 0 Å². The van der Waals surface area contributed by atoms with Gasteiger partial charge >= 0.3 is 0 Å². The van der Waals surface area contributed by atoms with Crippen LogP contribution in [0.2, 0.25) is 5.02 Å². The molecular weight excluding hydrogens is 438 g/mol. The Morgan fingerprint density at radius 2 is 1.90 bits per heavy atom. The summed E-state index contributed by atoms with van der Waals surface area (Å²) in [6.45, 7) is 4.24. The van der Waals surface area contributed by atoms with Crippen molar-refractivity contribution in [3.8, 4) is 17.1 Å². The van der Waals surface area contributed by atoms with Crippen LogP contribution in [0.1, 0.15) is 10.4 Å². The highest BCUT2D eigenvalue weighted by atomic mass is 35.5. The number of para-hydroxylation sites is 1. The van der Waals surface area contributed by atoms with E-state index in [1.54, 1.807) is 37.5 Å². The number of benzene rings is 2. The zero-order valence-corrected chi connectivity index (χ0v) is 18.2. The summed E-state index contributed by atoms with van der Waals surface area (Å²) in [4.78, 5) is 24.3. The van der Waals surface area contributed by atoms with Gasteiger partial charge in [0, 0.05) is 17.1 Å². The minimum atomic E-state index is -0.441. The average molecular weight is 458 g/mol. The van der Waals surface area contributed by atoms with Crippen LogP contribution in [-0.2, 0) is 11.3 Å². The van der Waals surface area contributed by atoms with E-state index in [0.717, 1.165) is 5.56 Å². The number of carbonyl (C=O) groups is 2. The van der Waals surface area contributed by atoms with E-state index in [0.29, 0.717) is 33.9 Å². The second kappa shape index (κ2) is 10.6. The molecular formula is C21H20ClN5O3S. The molecule has 0 aliphatic carbocycles. The average Bonchev–Trinajstić information content (AvgIpc) is 3.19. The number of methoxy groups -OCH3 is 1. The van der Waals surface area contributed by atoms with Gasteiger partial charge in [-0.3, -0.25) is 25.0 Å². The van der Waals surface area contributed by atoms with E-state index in [1.165, 1.54) is 11.8 Å². The standard InChI is InChI=1S/C21H20ClN5O3S/c1-3-12-27-19(16-6-4-5-7-17(16)30-2)24-26-21(27)31-13-18(28)23-25-20(29)14-8-10-15(22)11-9-14/h3-11H,1,12-13H2,2H3,(H,23,28)(H,25,29). The van der Waals surface area contributed by atoms with E-state index >= 15 is 0 Å². The number of halogens is 1. The molecule has 2 amide bonds. The molecule has 1 heterocycles. The van der Waals surface area contributed by atoms with Gasteiger partial charge in [-0.25, -0.2) is 0 Å². The molecule has 8 nitrogen and oxygen atoms in total. The number of nitrogens with zero attached hydrogens (tertiary/aromatic N) is 3. The fraction of sp³-hybridized carbons (Fsp3) is 0.143. The number of aromatic nitrogens is 3. The Bertz CT molecular complexity index is 1080. The summed E-state index contributed by atoms with van der Waals surface area (Å²) in [5, 5.41) is 9.53. The molecule has 1 aromatic heterocycles. The molecule has 0 spiro atoms. The molecule has 160 valence electrons. The van der Waals surface area contributed by atoms with Crippen molar-refractivity contribution < 1.29 is 14.3 Å². The van der Waals surface area contributed by atoms with Crippen LogP contribution in [-0.4, -0.2) is 39.4 Å². The number of carbonyl (C=O) groups excluding carboxylic acids is 2. The Balaban J connectivity index is 1.64. The first-order chi connectivity index (χ1) is 15.0. The lowest BCUT2D eigenvalue weighted by molar-refractivity contribution is -0.119. The molecule has 0 aliphatic heterocycles. The van der Waals surface area contributed by atoms with E-state index in [1.807, 2.05) is 28.8 Å². The largest absolute Gasteiger partial charge is 0.496 e. The summed E-state index contributed by atoms with van der Waals surface area (Å²) in [5.41, 5.74) is 5.92. The number of ether oxygens (including phenoxy) is 1. The third-order valence-corrected chi connectivity index (χ3v) is 5.35. The SMILES string of the molecule is C=CCn1c(SCC(=O)NNC(=O)c2ccc(Cl)cc2)nnc1-c1ccccc1OC. The lowest BCUT2D eigenvalue weighted by Crippen LogP contribution is -2.42. The summed E-state index contributed by atoms with van der Waals surface area (Å²) in [7, 11) is 1.59. The van der Waals surface area contributed by atoms with Crippen molar-refractivity contribution >= 4 is 35.2 Å². The van der Waals surface area contributed by atoms with E-state index in [9.17, 15) is 9.59 Å². The first-order valence-corrected chi connectivity index (χ1v) is 10.5. The fourth-order valence-electron chi connectivity index (χ4n) is 2.68. The summed E-state index contributed by atoms with van der Waals surface area (Å²) < 4.78 is 7.25. The highest BCUT2D eigenvalue weighted by Gasteiger charge is 2.18. The van der Waals surface area contributed by atoms with Crippen LogP contribution < -0.4 is 15.6 Å². The summed E-state index contributed by atoms with van der Waals surface area (Å²) >= 11 is 7.00. The van der Waals surface area contributed by atoms with Gasteiger partial charge in [0.15, 0.2) is 11.0 Å². The van der Waals surface area contributed by atoms with E-state index < -0.39 is 5.91 Å². The number of nitrogens with one attached hydrogen (secondary N) is 2.